The highest BCUT2D eigenvalue weighted by atomic mass is 32.2. The number of halogens is 1. The number of hydrogen-bond donors (Lipinski definition) is 1. The van der Waals surface area contributed by atoms with Crippen LogP contribution in [-0.2, 0) is 26.2 Å². The Balaban J connectivity index is 2.40. The van der Waals surface area contributed by atoms with E-state index < -0.39 is 34.3 Å². The minimum atomic E-state index is -3.90. The van der Waals surface area contributed by atoms with Gasteiger partial charge in [0.2, 0.25) is 21.8 Å². The van der Waals surface area contributed by atoms with Crippen molar-refractivity contribution >= 4 is 33.3 Å². The molecule has 0 saturated carbocycles. The molecule has 0 bridgehead atoms. The summed E-state index contributed by atoms with van der Waals surface area (Å²) in [6.45, 7) is 4.63. The van der Waals surface area contributed by atoms with Crippen LogP contribution in [0.4, 0.5) is 10.1 Å². The van der Waals surface area contributed by atoms with Crippen molar-refractivity contribution in [3.8, 4) is 0 Å². The highest BCUT2D eigenvalue weighted by Crippen LogP contribution is 2.21. The molecule has 0 unspecified atom stereocenters. The number of amides is 2. The quantitative estimate of drug-likeness (QED) is 0.487. The van der Waals surface area contributed by atoms with Gasteiger partial charge in [-0.15, -0.1) is 0 Å². The van der Waals surface area contributed by atoms with Crippen LogP contribution in [0.5, 0.6) is 0 Å². The van der Waals surface area contributed by atoms with Crippen LogP contribution in [0.3, 0.4) is 0 Å². The number of benzene rings is 2. The maximum Gasteiger partial charge on any atom is 0.244 e. The van der Waals surface area contributed by atoms with Crippen LogP contribution in [0.15, 0.2) is 48.5 Å². The molecule has 8 nitrogen and oxygen atoms in total. The van der Waals surface area contributed by atoms with Crippen molar-refractivity contribution in [2.24, 2.45) is 0 Å². The van der Waals surface area contributed by atoms with Gasteiger partial charge < -0.3 is 10.2 Å². The van der Waals surface area contributed by atoms with Crippen LogP contribution in [-0.4, -0.2) is 56.3 Å². The molecule has 184 valence electrons. The summed E-state index contributed by atoms with van der Waals surface area (Å²) in [4.78, 5) is 39.0. The van der Waals surface area contributed by atoms with Gasteiger partial charge in [-0.1, -0.05) is 31.2 Å². The Morgan fingerprint density at radius 1 is 1.09 bits per heavy atom. The van der Waals surface area contributed by atoms with Crippen molar-refractivity contribution in [1.29, 1.82) is 0 Å². The van der Waals surface area contributed by atoms with Crippen LogP contribution in [0, 0.1) is 5.82 Å². The van der Waals surface area contributed by atoms with Crippen molar-refractivity contribution in [2.45, 2.75) is 39.8 Å². The van der Waals surface area contributed by atoms with Gasteiger partial charge in [0.05, 0.1) is 11.9 Å². The summed E-state index contributed by atoms with van der Waals surface area (Å²) in [5.41, 5.74) is 1.04. The van der Waals surface area contributed by atoms with E-state index >= 15 is 0 Å². The molecule has 10 heteroatoms. The molecule has 1 N–H and O–H groups in total. The molecule has 0 aliphatic carbocycles. The summed E-state index contributed by atoms with van der Waals surface area (Å²) < 4.78 is 39.4. The number of nitrogens with one attached hydrogen (secondary N) is 1. The molecule has 2 rings (SSSR count). The van der Waals surface area contributed by atoms with Gasteiger partial charge in [-0.25, -0.2) is 12.8 Å². The summed E-state index contributed by atoms with van der Waals surface area (Å²) >= 11 is 0. The number of carbonyl (C=O) groups excluding carboxylic acids is 3. The zero-order chi connectivity index (χ0) is 25.5. The lowest BCUT2D eigenvalue weighted by Gasteiger charge is -2.31. The molecule has 1 atom stereocenters. The molecule has 0 radical (unpaired) electrons. The fourth-order valence-electron chi connectivity index (χ4n) is 3.26. The molecule has 0 aliphatic heterocycles. The predicted molar refractivity (Wildman–Crippen MR) is 128 cm³/mol. The fraction of sp³-hybridized carbons (Fsp3) is 0.375. The Labute approximate surface area is 199 Å². The third kappa shape index (κ3) is 7.38. The summed E-state index contributed by atoms with van der Waals surface area (Å²) in [6.07, 6.45) is 1.67. The van der Waals surface area contributed by atoms with Gasteiger partial charge in [-0.05, 0) is 50.1 Å². The minimum Gasteiger partial charge on any atom is -0.354 e. The molecule has 2 aromatic carbocycles. The number of carbonyl (C=O) groups is 3. The van der Waals surface area contributed by atoms with Gasteiger partial charge in [0.25, 0.3) is 0 Å². The molecule has 0 heterocycles. The van der Waals surface area contributed by atoms with E-state index in [9.17, 15) is 27.2 Å². The summed E-state index contributed by atoms with van der Waals surface area (Å²) in [5.74, 6) is -1.70. The SMILES string of the molecule is CCCNC(=O)[C@H](C)N(Cc1ccc(F)cc1)C(=O)CN(c1cccc(C(C)=O)c1)S(C)(=O)=O. The van der Waals surface area contributed by atoms with Crippen LogP contribution in [0.2, 0.25) is 0 Å². The van der Waals surface area contributed by atoms with Gasteiger partial charge in [-0.2, -0.15) is 0 Å². The Bertz CT molecular complexity index is 1140. The van der Waals surface area contributed by atoms with E-state index in [1.165, 1.54) is 54.3 Å². The first-order valence-corrected chi connectivity index (χ1v) is 12.7. The number of hydrogen-bond acceptors (Lipinski definition) is 5. The highest BCUT2D eigenvalue weighted by molar-refractivity contribution is 7.92. The van der Waals surface area contributed by atoms with E-state index in [0.29, 0.717) is 24.1 Å². The van der Waals surface area contributed by atoms with Crippen molar-refractivity contribution in [3.05, 3.63) is 65.5 Å². The second kappa shape index (κ2) is 11.7. The molecule has 0 aromatic heterocycles. The van der Waals surface area contributed by atoms with Crippen LogP contribution in [0.1, 0.15) is 43.1 Å². The van der Waals surface area contributed by atoms with E-state index in [-0.39, 0.29) is 23.9 Å². The maximum absolute atomic E-state index is 13.4. The van der Waals surface area contributed by atoms with Crippen molar-refractivity contribution < 1.29 is 27.2 Å². The number of Topliss-reactive ketones (excluding diaryl/α,β-unsaturated/α-hetero) is 1. The second-order valence-corrected chi connectivity index (χ2v) is 9.90. The minimum absolute atomic E-state index is 0.0229. The summed E-state index contributed by atoms with van der Waals surface area (Å²) in [6, 6.07) is 10.6. The molecule has 2 amide bonds. The maximum atomic E-state index is 13.4. The van der Waals surface area contributed by atoms with Crippen molar-refractivity contribution in [1.82, 2.24) is 10.2 Å². The number of rotatable bonds is 11. The molecular weight excluding hydrogens is 461 g/mol. The zero-order valence-corrected chi connectivity index (χ0v) is 20.6. The Morgan fingerprint density at radius 2 is 1.74 bits per heavy atom. The summed E-state index contributed by atoms with van der Waals surface area (Å²) in [5, 5.41) is 2.74. The first kappa shape index (κ1) is 27.0. The van der Waals surface area contributed by atoms with Gasteiger partial charge in [0, 0.05) is 18.7 Å². The van der Waals surface area contributed by atoms with Crippen molar-refractivity contribution in [2.75, 3.05) is 23.7 Å². The van der Waals surface area contributed by atoms with Gasteiger partial charge in [0.15, 0.2) is 5.78 Å². The number of ketones is 1. The molecule has 0 fully saturated rings. The van der Waals surface area contributed by atoms with Gasteiger partial charge in [0.1, 0.15) is 18.4 Å². The first-order chi connectivity index (χ1) is 15.9. The summed E-state index contributed by atoms with van der Waals surface area (Å²) in [7, 11) is -3.90. The third-order valence-corrected chi connectivity index (χ3v) is 6.34. The van der Waals surface area contributed by atoms with Crippen LogP contribution in [0.25, 0.3) is 0 Å². The molecule has 0 aliphatic rings. The Hall–Kier alpha value is -3.27. The van der Waals surface area contributed by atoms with E-state index in [1.54, 1.807) is 13.0 Å². The predicted octanol–water partition coefficient (Wildman–Crippen LogP) is 2.74. The van der Waals surface area contributed by atoms with Crippen molar-refractivity contribution in [3.63, 3.8) is 0 Å². The average Bonchev–Trinajstić information content (AvgIpc) is 2.79. The van der Waals surface area contributed by atoms with E-state index in [4.69, 9.17) is 0 Å². The largest absolute Gasteiger partial charge is 0.354 e. The average molecular weight is 492 g/mol. The third-order valence-electron chi connectivity index (χ3n) is 5.20. The standard InChI is InChI=1S/C24H30FN3O5S/c1-5-13-26-24(31)17(2)27(15-19-9-11-21(25)12-10-19)23(30)16-28(34(4,32)33)22-8-6-7-20(14-22)18(3)29/h6-12,14,17H,5,13,15-16H2,1-4H3,(H,26,31)/t17-/m0/s1. The first-order valence-electron chi connectivity index (χ1n) is 10.8. The Kier molecular flexibility index (Phi) is 9.31. The Morgan fingerprint density at radius 3 is 2.29 bits per heavy atom. The van der Waals surface area contributed by atoms with Crippen LogP contribution >= 0.6 is 0 Å². The number of anilines is 1. The van der Waals surface area contributed by atoms with Gasteiger partial charge in [-0.3, -0.25) is 18.7 Å². The zero-order valence-electron chi connectivity index (χ0n) is 19.7. The fourth-order valence-corrected chi connectivity index (χ4v) is 4.10. The van der Waals surface area contributed by atoms with E-state index in [2.05, 4.69) is 5.32 Å². The normalized spacial score (nSPS) is 12.0. The number of sulfonamides is 1. The monoisotopic (exact) mass is 491 g/mol. The lowest BCUT2D eigenvalue weighted by molar-refractivity contribution is -0.139. The van der Waals surface area contributed by atoms with Crippen LogP contribution < -0.4 is 9.62 Å². The lowest BCUT2D eigenvalue weighted by Crippen LogP contribution is -2.51. The molecule has 0 spiro atoms. The van der Waals surface area contributed by atoms with E-state index in [0.717, 1.165) is 10.6 Å². The molecule has 34 heavy (non-hydrogen) atoms. The lowest BCUT2D eigenvalue weighted by atomic mass is 10.1. The second-order valence-electron chi connectivity index (χ2n) is 7.99. The smallest absolute Gasteiger partial charge is 0.244 e. The van der Waals surface area contributed by atoms with Gasteiger partial charge >= 0.3 is 0 Å². The topological polar surface area (TPSA) is 104 Å². The molecular formula is C24H30FN3O5S. The molecule has 2 aromatic rings. The number of nitrogens with zero attached hydrogens (tertiary/aromatic N) is 2. The van der Waals surface area contributed by atoms with E-state index in [1.807, 2.05) is 6.92 Å². The highest BCUT2D eigenvalue weighted by Gasteiger charge is 2.30. The molecule has 0 saturated heterocycles.